The monoisotopic (exact) mass is 227 g/mol. The minimum Gasteiger partial charge on any atom is -0.350 e. The fourth-order valence-electron chi connectivity index (χ4n) is 2.04. The second-order valence-corrected chi connectivity index (χ2v) is 5.90. The minimum atomic E-state index is -0.140. The highest BCUT2D eigenvalue weighted by atomic mass is 16.2. The van der Waals surface area contributed by atoms with Gasteiger partial charge in [-0.2, -0.15) is 0 Å². The summed E-state index contributed by atoms with van der Waals surface area (Å²) in [6.45, 7) is 9.66. The number of amides is 1. The van der Waals surface area contributed by atoms with Crippen LogP contribution >= 0.6 is 0 Å². The molecule has 94 valence electrons. The van der Waals surface area contributed by atoms with Gasteiger partial charge in [-0.05, 0) is 41.2 Å². The van der Waals surface area contributed by atoms with Crippen LogP contribution in [-0.2, 0) is 4.79 Å². The van der Waals surface area contributed by atoms with E-state index in [9.17, 15) is 4.79 Å². The molecule has 0 saturated carbocycles. The lowest BCUT2D eigenvalue weighted by Gasteiger charge is -2.21. The predicted octanol–water partition coefficient (Wildman–Crippen LogP) is 0.583. The van der Waals surface area contributed by atoms with Gasteiger partial charge >= 0.3 is 0 Å². The smallest absolute Gasteiger partial charge is 0.234 e. The zero-order valence-corrected chi connectivity index (χ0v) is 11.1. The first-order valence-electron chi connectivity index (χ1n) is 6.02. The third-order valence-electron chi connectivity index (χ3n) is 2.95. The summed E-state index contributed by atoms with van der Waals surface area (Å²) >= 11 is 0. The first-order chi connectivity index (χ1) is 7.28. The SMILES string of the molecule is CC1CC(NCC(=O)NC(C)(C)C)CN1C. The quantitative estimate of drug-likeness (QED) is 0.741. The van der Waals surface area contributed by atoms with Crippen molar-refractivity contribution in [2.24, 2.45) is 0 Å². The summed E-state index contributed by atoms with van der Waals surface area (Å²) in [5, 5.41) is 6.26. The Morgan fingerprint density at radius 1 is 1.44 bits per heavy atom. The third-order valence-corrected chi connectivity index (χ3v) is 2.95. The van der Waals surface area contributed by atoms with Crippen molar-refractivity contribution in [2.75, 3.05) is 20.1 Å². The van der Waals surface area contributed by atoms with Gasteiger partial charge < -0.3 is 15.5 Å². The molecule has 1 amide bonds. The van der Waals surface area contributed by atoms with Crippen LogP contribution in [0.15, 0.2) is 0 Å². The van der Waals surface area contributed by atoms with Crippen molar-refractivity contribution in [3.8, 4) is 0 Å². The molecule has 1 aliphatic heterocycles. The zero-order valence-electron chi connectivity index (χ0n) is 11.1. The Morgan fingerprint density at radius 3 is 2.50 bits per heavy atom. The third kappa shape index (κ3) is 4.49. The number of likely N-dealkylation sites (tertiary alicyclic amines) is 1. The Bertz CT molecular complexity index is 237. The van der Waals surface area contributed by atoms with E-state index in [-0.39, 0.29) is 11.4 Å². The number of hydrogen-bond acceptors (Lipinski definition) is 3. The van der Waals surface area contributed by atoms with Gasteiger partial charge in [0.25, 0.3) is 0 Å². The lowest BCUT2D eigenvalue weighted by Crippen LogP contribution is -2.47. The summed E-state index contributed by atoms with van der Waals surface area (Å²) in [6, 6.07) is 1.06. The Balaban J connectivity index is 2.23. The lowest BCUT2D eigenvalue weighted by molar-refractivity contribution is -0.121. The average Bonchev–Trinajstić information content (AvgIpc) is 2.40. The molecule has 2 unspecified atom stereocenters. The van der Waals surface area contributed by atoms with E-state index in [0.29, 0.717) is 18.6 Å². The molecular formula is C12H25N3O. The highest BCUT2D eigenvalue weighted by Gasteiger charge is 2.26. The van der Waals surface area contributed by atoms with Crippen molar-refractivity contribution in [1.82, 2.24) is 15.5 Å². The molecule has 0 aromatic heterocycles. The van der Waals surface area contributed by atoms with Gasteiger partial charge in [0.1, 0.15) is 0 Å². The van der Waals surface area contributed by atoms with E-state index in [0.717, 1.165) is 13.0 Å². The summed E-state index contributed by atoms with van der Waals surface area (Å²) < 4.78 is 0. The topological polar surface area (TPSA) is 44.4 Å². The van der Waals surface area contributed by atoms with Gasteiger partial charge in [-0.25, -0.2) is 0 Å². The predicted molar refractivity (Wildman–Crippen MR) is 66.4 cm³/mol. The lowest BCUT2D eigenvalue weighted by atomic mass is 10.1. The van der Waals surface area contributed by atoms with Crippen molar-refractivity contribution >= 4 is 5.91 Å². The number of rotatable bonds is 3. The molecule has 1 rings (SSSR count). The summed E-state index contributed by atoms with van der Waals surface area (Å²) in [7, 11) is 2.13. The van der Waals surface area contributed by atoms with Gasteiger partial charge in [0.15, 0.2) is 0 Å². The van der Waals surface area contributed by atoms with Crippen LogP contribution in [0.25, 0.3) is 0 Å². The first-order valence-corrected chi connectivity index (χ1v) is 6.02. The maximum atomic E-state index is 11.6. The van der Waals surface area contributed by atoms with Gasteiger partial charge in [0.2, 0.25) is 5.91 Å². The number of carbonyl (C=O) groups is 1. The van der Waals surface area contributed by atoms with Crippen molar-refractivity contribution in [3.05, 3.63) is 0 Å². The first kappa shape index (κ1) is 13.5. The second kappa shape index (κ2) is 5.15. The van der Waals surface area contributed by atoms with Crippen molar-refractivity contribution < 1.29 is 4.79 Å². The molecule has 0 spiro atoms. The Labute approximate surface area is 98.8 Å². The van der Waals surface area contributed by atoms with E-state index in [4.69, 9.17) is 0 Å². The summed E-state index contributed by atoms with van der Waals surface area (Å²) in [4.78, 5) is 13.9. The molecule has 0 aromatic carbocycles. The van der Waals surface area contributed by atoms with Crippen molar-refractivity contribution in [1.29, 1.82) is 0 Å². The molecule has 4 nitrogen and oxygen atoms in total. The number of nitrogens with one attached hydrogen (secondary N) is 2. The van der Waals surface area contributed by atoms with Crippen LogP contribution in [0, 0.1) is 0 Å². The molecule has 0 aromatic rings. The van der Waals surface area contributed by atoms with Gasteiger partial charge in [0.05, 0.1) is 6.54 Å². The van der Waals surface area contributed by atoms with E-state index in [1.54, 1.807) is 0 Å². The molecule has 1 heterocycles. The van der Waals surface area contributed by atoms with Crippen LogP contribution in [0.3, 0.4) is 0 Å². The van der Waals surface area contributed by atoms with Crippen LogP contribution in [0.4, 0.5) is 0 Å². The van der Waals surface area contributed by atoms with E-state index >= 15 is 0 Å². The highest BCUT2D eigenvalue weighted by molar-refractivity contribution is 5.78. The van der Waals surface area contributed by atoms with E-state index < -0.39 is 0 Å². The number of likely N-dealkylation sites (N-methyl/N-ethyl adjacent to an activating group) is 1. The van der Waals surface area contributed by atoms with Crippen LogP contribution in [0.1, 0.15) is 34.1 Å². The average molecular weight is 227 g/mol. The van der Waals surface area contributed by atoms with Gasteiger partial charge in [0, 0.05) is 24.2 Å². The highest BCUT2D eigenvalue weighted by Crippen LogP contribution is 2.14. The number of hydrogen-bond donors (Lipinski definition) is 2. The standard InChI is InChI=1S/C12H25N3O/c1-9-6-10(8-15(9)5)13-7-11(16)14-12(2,3)4/h9-10,13H,6-8H2,1-5H3,(H,14,16). The maximum Gasteiger partial charge on any atom is 0.234 e. The Morgan fingerprint density at radius 2 is 2.06 bits per heavy atom. The number of carbonyl (C=O) groups excluding carboxylic acids is 1. The fourth-order valence-corrected chi connectivity index (χ4v) is 2.04. The number of nitrogens with zero attached hydrogens (tertiary/aromatic N) is 1. The van der Waals surface area contributed by atoms with Crippen LogP contribution in [0.5, 0.6) is 0 Å². The normalized spacial score (nSPS) is 27.1. The van der Waals surface area contributed by atoms with Gasteiger partial charge in [-0.3, -0.25) is 4.79 Å². The zero-order chi connectivity index (χ0) is 12.3. The van der Waals surface area contributed by atoms with Crippen LogP contribution in [0.2, 0.25) is 0 Å². The largest absolute Gasteiger partial charge is 0.350 e. The molecule has 1 saturated heterocycles. The second-order valence-electron chi connectivity index (χ2n) is 5.90. The summed E-state index contributed by atoms with van der Waals surface area (Å²) in [5.74, 6) is 0.0784. The summed E-state index contributed by atoms with van der Waals surface area (Å²) in [5.41, 5.74) is -0.140. The van der Waals surface area contributed by atoms with Gasteiger partial charge in [-0.1, -0.05) is 0 Å². The fraction of sp³-hybridized carbons (Fsp3) is 0.917. The van der Waals surface area contributed by atoms with Crippen LogP contribution < -0.4 is 10.6 Å². The molecule has 2 N–H and O–H groups in total. The Hall–Kier alpha value is -0.610. The molecule has 0 radical (unpaired) electrons. The van der Waals surface area contributed by atoms with E-state index in [1.165, 1.54) is 0 Å². The van der Waals surface area contributed by atoms with Crippen molar-refractivity contribution in [3.63, 3.8) is 0 Å². The maximum absolute atomic E-state index is 11.6. The molecule has 1 aliphatic rings. The minimum absolute atomic E-state index is 0.0784. The van der Waals surface area contributed by atoms with E-state index in [1.807, 2.05) is 20.8 Å². The van der Waals surface area contributed by atoms with Crippen LogP contribution in [-0.4, -0.2) is 48.6 Å². The molecule has 0 bridgehead atoms. The Kier molecular flexibility index (Phi) is 4.33. The summed E-state index contributed by atoms with van der Waals surface area (Å²) in [6.07, 6.45) is 1.12. The molecule has 0 aliphatic carbocycles. The van der Waals surface area contributed by atoms with E-state index in [2.05, 4.69) is 29.5 Å². The molecule has 16 heavy (non-hydrogen) atoms. The molecular weight excluding hydrogens is 202 g/mol. The molecule has 2 atom stereocenters. The van der Waals surface area contributed by atoms with Crippen molar-refractivity contribution in [2.45, 2.75) is 51.7 Å². The van der Waals surface area contributed by atoms with Gasteiger partial charge in [-0.15, -0.1) is 0 Å². The molecule has 1 fully saturated rings. The molecule has 4 heteroatoms.